The standard InChI is InChI=1S/C15H21N3O3/c1-10-6-7-17(9-12(10)8-16)15(19)14-11(2)4-3-5-13(14)18(20)21/h3-5,10,12H,6-9,16H2,1-2H3. The molecule has 0 saturated carbocycles. The van der Waals surface area contributed by atoms with Gasteiger partial charge in [-0.05, 0) is 37.3 Å². The molecule has 1 amide bonds. The van der Waals surface area contributed by atoms with Crippen LogP contribution in [0.5, 0.6) is 0 Å². The zero-order chi connectivity index (χ0) is 15.6. The fraction of sp³-hybridized carbons (Fsp3) is 0.533. The largest absolute Gasteiger partial charge is 0.338 e. The first kappa shape index (κ1) is 15.4. The van der Waals surface area contributed by atoms with Gasteiger partial charge in [-0.25, -0.2) is 0 Å². The number of carbonyl (C=O) groups is 1. The first-order valence-corrected chi connectivity index (χ1v) is 7.19. The number of benzene rings is 1. The van der Waals surface area contributed by atoms with Gasteiger partial charge in [0, 0.05) is 19.2 Å². The highest BCUT2D eigenvalue weighted by Gasteiger charge is 2.32. The highest BCUT2D eigenvalue weighted by Crippen LogP contribution is 2.28. The number of likely N-dealkylation sites (tertiary alicyclic amines) is 1. The molecule has 1 aliphatic rings. The molecule has 1 aliphatic heterocycles. The van der Waals surface area contributed by atoms with Crippen LogP contribution in [-0.4, -0.2) is 35.4 Å². The van der Waals surface area contributed by atoms with Crippen molar-refractivity contribution >= 4 is 11.6 Å². The molecule has 0 radical (unpaired) electrons. The Balaban J connectivity index is 2.30. The smallest absolute Gasteiger partial charge is 0.282 e. The van der Waals surface area contributed by atoms with Crippen LogP contribution in [0, 0.1) is 28.9 Å². The van der Waals surface area contributed by atoms with Gasteiger partial charge in [0.15, 0.2) is 0 Å². The average Bonchev–Trinajstić information content (AvgIpc) is 2.46. The highest BCUT2D eigenvalue weighted by atomic mass is 16.6. The summed E-state index contributed by atoms with van der Waals surface area (Å²) in [5.41, 5.74) is 6.47. The number of hydrogen-bond donors (Lipinski definition) is 1. The Bertz CT molecular complexity index is 559. The third-order valence-corrected chi connectivity index (χ3v) is 4.37. The molecule has 2 rings (SSSR count). The molecule has 6 nitrogen and oxygen atoms in total. The lowest BCUT2D eigenvalue weighted by molar-refractivity contribution is -0.385. The molecule has 1 fully saturated rings. The fourth-order valence-electron chi connectivity index (χ4n) is 2.88. The van der Waals surface area contributed by atoms with Crippen LogP contribution in [0.1, 0.15) is 29.3 Å². The van der Waals surface area contributed by atoms with Crippen molar-refractivity contribution in [2.45, 2.75) is 20.3 Å². The summed E-state index contributed by atoms with van der Waals surface area (Å²) in [6.45, 7) is 5.59. The molecule has 1 aromatic rings. The second kappa shape index (κ2) is 6.22. The summed E-state index contributed by atoms with van der Waals surface area (Å²) in [7, 11) is 0. The Morgan fingerprint density at radius 2 is 2.24 bits per heavy atom. The second-order valence-corrected chi connectivity index (χ2v) is 5.74. The quantitative estimate of drug-likeness (QED) is 0.681. The first-order valence-electron chi connectivity index (χ1n) is 7.19. The van der Waals surface area contributed by atoms with Crippen LogP contribution in [-0.2, 0) is 0 Å². The SMILES string of the molecule is Cc1cccc([N+](=O)[O-])c1C(=O)N1CCC(C)C(CN)C1. The number of nitrogens with two attached hydrogens (primary N) is 1. The maximum absolute atomic E-state index is 12.7. The van der Waals surface area contributed by atoms with Crippen molar-refractivity contribution in [3.63, 3.8) is 0 Å². The number of nitro benzene ring substituents is 1. The number of carbonyl (C=O) groups excluding carboxylic acids is 1. The van der Waals surface area contributed by atoms with Gasteiger partial charge in [0.2, 0.25) is 0 Å². The summed E-state index contributed by atoms with van der Waals surface area (Å²) in [5, 5.41) is 11.1. The minimum Gasteiger partial charge on any atom is -0.338 e. The summed E-state index contributed by atoms with van der Waals surface area (Å²) in [5.74, 6) is 0.474. The molecule has 1 aromatic carbocycles. The van der Waals surface area contributed by atoms with E-state index in [2.05, 4.69) is 6.92 Å². The lowest BCUT2D eigenvalue weighted by Crippen LogP contribution is -2.45. The molecule has 2 unspecified atom stereocenters. The van der Waals surface area contributed by atoms with Gasteiger partial charge in [-0.3, -0.25) is 14.9 Å². The molecule has 6 heteroatoms. The normalized spacial score (nSPS) is 22.1. The lowest BCUT2D eigenvalue weighted by Gasteiger charge is -2.36. The third kappa shape index (κ3) is 3.05. The van der Waals surface area contributed by atoms with Crippen molar-refractivity contribution in [3.05, 3.63) is 39.4 Å². The van der Waals surface area contributed by atoms with E-state index in [-0.39, 0.29) is 23.1 Å². The van der Waals surface area contributed by atoms with E-state index in [9.17, 15) is 14.9 Å². The van der Waals surface area contributed by atoms with Crippen LogP contribution in [0.15, 0.2) is 18.2 Å². The lowest BCUT2D eigenvalue weighted by atomic mass is 9.86. The van der Waals surface area contributed by atoms with Crippen LogP contribution in [0.25, 0.3) is 0 Å². The minimum absolute atomic E-state index is 0.122. The van der Waals surface area contributed by atoms with Gasteiger partial charge in [0.1, 0.15) is 5.56 Å². The van der Waals surface area contributed by atoms with Crippen LogP contribution >= 0.6 is 0 Å². The molecule has 114 valence electrons. The van der Waals surface area contributed by atoms with Crippen LogP contribution < -0.4 is 5.73 Å². The van der Waals surface area contributed by atoms with Crippen LogP contribution in [0.4, 0.5) is 5.69 Å². The van der Waals surface area contributed by atoms with Crippen molar-refractivity contribution in [3.8, 4) is 0 Å². The number of piperidine rings is 1. The van der Waals surface area contributed by atoms with Gasteiger partial charge in [-0.2, -0.15) is 0 Å². The zero-order valence-corrected chi connectivity index (χ0v) is 12.4. The van der Waals surface area contributed by atoms with Crippen molar-refractivity contribution in [1.29, 1.82) is 0 Å². The van der Waals surface area contributed by atoms with Gasteiger partial charge in [0.05, 0.1) is 4.92 Å². The Morgan fingerprint density at radius 3 is 2.86 bits per heavy atom. The number of amides is 1. The minimum atomic E-state index is -0.493. The number of hydrogen-bond acceptors (Lipinski definition) is 4. The molecular formula is C15H21N3O3. The summed E-state index contributed by atoms with van der Waals surface area (Å²) < 4.78 is 0. The van der Waals surface area contributed by atoms with Crippen LogP contribution in [0.2, 0.25) is 0 Å². The summed E-state index contributed by atoms with van der Waals surface area (Å²) in [6.07, 6.45) is 0.882. The monoisotopic (exact) mass is 291 g/mol. The highest BCUT2D eigenvalue weighted by molar-refractivity contribution is 5.99. The van der Waals surface area contributed by atoms with Crippen LogP contribution in [0.3, 0.4) is 0 Å². The van der Waals surface area contributed by atoms with Gasteiger partial charge in [-0.1, -0.05) is 19.1 Å². The number of nitrogens with zero attached hydrogens (tertiary/aromatic N) is 2. The van der Waals surface area contributed by atoms with E-state index < -0.39 is 4.92 Å². The van der Waals surface area contributed by atoms with Crippen molar-refractivity contribution < 1.29 is 9.72 Å². The van der Waals surface area contributed by atoms with E-state index in [4.69, 9.17) is 5.73 Å². The molecule has 0 bridgehead atoms. The number of rotatable bonds is 3. The van der Waals surface area contributed by atoms with E-state index >= 15 is 0 Å². The van der Waals surface area contributed by atoms with Gasteiger partial charge in [0.25, 0.3) is 11.6 Å². The van der Waals surface area contributed by atoms with Crippen molar-refractivity contribution in [1.82, 2.24) is 4.90 Å². The molecule has 0 aromatic heterocycles. The third-order valence-electron chi connectivity index (χ3n) is 4.37. The molecule has 1 heterocycles. The topological polar surface area (TPSA) is 89.5 Å². The number of nitro groups is 1. The van der Waals surface area contributed by atoms with Gasteiger partial charge < -0.3 is 10.6 Å². The predicted molar refractivity (Wildman–Crippen MR) is 80.1 cm³/mol. The number of aryl methyl sites for hydroxylation is 1. The molecule has 2 N–H and O–H groups in total. The molecule has 1 saturated heterocycles. The Kier molecular flexibility index (Phi) is 4.57. The van der Waals surface area contributed by atoms with E-state index in [0.29, 0.717) is 31.1 Å². The second-order valence-electron chi connectivity index (χ2n) is 5.74. The summed E-state index contributed by atoms with van der Waals surface area (Å²) in [6, 6.07) is 4.71. The van der Waals surface area contributed by atoms with Crippen molar-refractivity contribution in [2.75, 3.05) is 19.6 Å². The summed E-state index contributed by atoms with van der Waals surface area (Å²) >= 11 is 0. The first-order chi connectivity index (χ1) is 9.95. The fourth-order valence-corrected chi connectivity index (χ4v) is 2.88. The Morgan fingerprint density at radius 1 is 1.52 bits per heavy atom. The van der Waals surface area contributed by atoms with Crippen molar-refractivity contribution in [2.24, 2.45) is 17.6 Å². The van der Waals surface area contributed by atoms with E-state index in [0.717, 1.165) is 6.42 Å². The van der Waals surface area contributed by atoms with Gasteiger partial charge in [-0.15, -0.1) is 0 Å². The molecule has 0 aliphatic carbocycles. The Labute approximate surface area is 124 Å². The molecule has 0 spiro atoms. The van der Waals surface area contributed by atoms with E-state index in [1.165, 1.54) is 6.07 Å². The predicted octanol–water partition coefficient (Wildman–Crippen LogP) is 1.96. The molecule has 21 heavy (non-hydrogen) atoms. The zero-order valence-electron chi connectivity index (χ0n) is 12.4. The Hall–Kier alpha value is -1.95. The van der Waals surface area contributed by atoms with Gasteiger partial charge >= 0.3 is 0 Å². The van der Waals surface area contributed by atoms with E-state index in [1.807, 2.05) is 0 Å². The average molecular weight is 291 g/mol. The maximum Gasteiger partial charge on any atom is 0.282 e. The molecule has 2 atom stereocenters. The maximum atomic E-state index is 12.7. The summed E-state index contributed by atoms with van der Waals surface area (Å²) in [4.78, 5) is 25.1. The molecular weight excluding hydrogens is 270 g/mol. The van der Waals surface area contributed by atoms with E-state index in [1.54, 1.807) is 24.0 Å².